The predicted molar refractivity (Wildman–Crippen MR) is 87.5 cm³/mol. The van der Waals surface area contributed by atoms with Gasteiger partial charge in [-0.25, -0.2) is 5.16 Å². The van der Waals surface area contributed by atoms with Gasteiger partial charge in [-0.2, -0.15) is 0 Å². The van der Waals surface area contributed by atoms with Crippen molar-refractivity contribution in [2.75, 3.05) is 11.9 Å². The smallest absolute Gasteiger partial charge is 0.464 e. The van der Waals surface area contributed by atoms with Gasteiger partial charge in [0.25, 0.3) is 0 Å². The van der Waals surface area contributed by atoms with Crippen molar-refractivity contribution in [1.29, 1.82) is 0 Å². The van der Waals surface area contributed by atoms with E-state index in [1.807, 2.05) is 24.3 Å². The summed E-state index contributed by atoms with van der Waals surface area (Å²) in [6.07, 6.45) is 3.94. The van der Waals surface area contributed by atoms with E-state index in [9.17, 15) is 0 Å². The number of hydrogen-bond acceptors (Lipinski definition) is 3. The Bertz CT molecular complexity index is 532. The SMILES string of the molecule is CC(C)(C)CCNc1[c-]noc1-c1ccc(Br)cc1.[CH3-].[U+2]. The fourth-order valence-electron chi connectivity index (χ4n) is 1.69. The van der Waals surface area contributed by atoms with Gasteiger partial charge < -0.3 is 17.3 Å². The first kappa shape index (κ1) is 20.8. The second-order valence-corrected chi connectivity index (χ2v) is 6.66. The molecular weight excluding hydrogens is 554 g/mol. The minimum atomic E-state index is 0. The molecular formula is C16H21BrN2OU. The maximum atomic E-state index is 5.29. The van der Waals surface area contributed by atoms with Gasteiger partial charge >= 0.3 is 31.1 Å². The van der Waals surface area contributed by atoms with E-state index in [0.717, 1.165) is 34.4 Å². The fraction of sp³-hybridized carbons (Fsp3) is 0.375. The summed E-state index contributed by atoms with van der Waals surface area (Å²) in [5.41, 5.74) is 2.13. The zero-order valence-electron chi connectivity index (χ0n) is 13.0. The summed E-state index contributed by atoms with van der Waals surface area (Å²) in [4.78, 5) is 0. The molecule has 0 amide bonds. The third kappa shape index (κ3) is 6.59. The van der Waals surface area contributed by atoms with Crippen LogP contribution in [0.15, 0.2) is 33.3 Å². The molecule has 0 aliphatic rings. The van der Waals surface area contributed by atoms with Crippen LogP contribution in [0.1, 0.15) is 27.2 Å². The molecule has 0 saturated heterocycles. The van der Waals surface area contributed by atoms with Crippen LogP contribution < -0.4 is 5.32 Å². The molecule has 1 aromatic heterocycles. The Kier molecular flexibility index (Phi) is 8.92. The number of nitrogens with zero attached hydrogens (tertiary/aromatic N) is 1. The summed E-state index contributed by atoms with van der Waals surface area (Å²) in [5.74, 6) is 0.737. The monoisotopic (exact) mass is 574 g/mol. The molecule has 0 radical (unpaired) electrons. The Labute approximate surface area is 159 Å². The van der Waals surface area contributed by atoms with Crippen LogP contribution in [0.2, 0.25) is 0 Å². The molecule has 3 nitrogen and oxygen atoms in total. The molecule has 5 heteroatoms. The Morgan fingerprint density at radius 3 is 2.43 bits per heavy atom. The predicted octanol–water partition coefficient (Wildman–Crippen LogP) is 5.20. The van der Waals surface area contributed by atoms with Crippen LogP contribution in [-0.2, 0) is 0 Å². The van der Waals surface area contributed by atoms with Gasteiger partial charge in [0, 0.05) is 16.8 Å². The quantitative estimate of drug-likeness (QED) is 0.510. The normalized spacial score (nSPS) is 10.5. The summed E-state index contributed by atoms with van der Waals surface area (Å²) >= 11 is 3.42. The molecule has 0 saturated carbocycles. The molecule has 2 aromatic rings. The number of halogens is 1. The van der Waals surface area contributed by atoms with Gasteiger partial charge in [-0.1, -0.05) is 66.3 Å². The number of hydrogen-bond donors (Lipinski definition) is 1. The van der Waals surface area contributed by atoms with Gasteiger partial charge in [-0.15, -0.1) is 0 Å². The number of rotatable bonds is 4. The van der Waals surface area contributed by atoms with Crippen LogP contribution >= 0.6 is 15.9 Å². The summed E-state index contributed by atoms with van der Waals surface area (Å²) in [5, 5.41) is 7.10. The van der Waals surface area contributed by atoms with Crippen molar-refractivity contribution in [3.05, 3.63) is 42.4 Å². The fourth-order valence-corrected chi connectivity index (χ4v) is 1.96. The second kappa shape index (κ2) is 9.03. The largest absolute Gasteiger partial charge is 2.00 e. The molecule has 21 heavy (non-hydrogen) atoms. The van der Waals surface area contributed by atoms with Crippen LogP contribution in [0.3, 0.4) is 0 Å². The molecule has 0 bridgehead atoms. The van der Waals surface area contributed by atoms with Crippen molar-refractivity contribution in [3.63, 3.8) is 0 Å². The first-order valence-electron chi connectivity index (χ1n) is 6.33. The molecule has 1 heterocycles. The molecule has 1 aromatic carbocycles. The minimum absolute atomic E-state index is 0. The molecule has 0 fully saturated rings. The molecule has 112 valence electrons. The summed E-state index contributed by atoms with van der Waals surface area (Å²) in [7, 11) is 0. The number of nitrogens with one attached hydrogen (secondary N) is 1. The molecule has 0 unspecified atom stereocenters. The van der Waals surface area contributed by atoms with E-state index in [-0.39, 0.29) is 38.5 Å². The molecule has 1 N–H and O–H groups in total. The first-order valence-corrected chi connectivity index (χ1v) is 7.12. The summed E-state index contributed by atoms with van der Waals surface area (Å²) < 4.78 is 6.33. The van der Waals surface area contributed by atoms with E-state index in [0.29, 0.717) is 5.41 Å². The second-order valence-electron chi connectivity index (χ2n) is 5.74. The average Bonchev–Trinajstić information content (AvgIpc) is 2.77. The summed E-state index contributed by atoms with van der Waals surface area (Å²) in [6, 6.07) is 7.95. The standard InChI is InChI=1S/C15H18BrN2O.CH3.U/c1-15(2,3)8-9-17-13-10-18-19-14(13)11-4-6-12(16)7-5-11;;/h4-7,17H,8-9H2,1-3H3;1H3;/q2*-1;+2. The van der Waals surface area contributed by atoms with E-state index >= 15 is 0 Å². The van der Waals surface area contributed by atoms with Crippen LogP contribution in [0.4, 0.5) is 5.69 Å². The third-order valence-corrected chi connectivity index (χ3v) is 3.33. The Morgan fingerprint density at radius 1 is 1.24 bits per heavy atom. The maximum Gasteiger partial charge on any atom is 2.00 e. The zero-order valence-corrected chi connectivity index (χ0v) is 18.7. The molecule has 0 aliphatic carbocycles. The van der Waals surface area contributed by atoms with E-state index in [1.54, 1.807) is 0 Å². The van der Waals surface area contributed by atoms with Crippen LogP contribution in [-0.4, -0.2) is 11.7 Å². The average molecular weight is 575 g/mol. The van der Waals surface area contributed by atoms with Crippen molar-refractivity contribution in [2.45, 2.75) is 27.2 Å². The summed E-state index contributed by atoms with van der Waals surface area (Å²) in [6.45, 7) is 7.55. The maximum absolute atomic E-state index is 5.29. The number of benzene rings is 1. The van der Waals surface area contributed by atoms with Gasteiger partial charge in [0.1, 0.15) is 0 Å². The van der Waals surface area contributed by atoms with Crippen LogP contribution in [0, 0.1) is 50.2 Å². The van der Waals surface area contributed by atoms with Gasteiger partial charge in [-0.3, -0.25) is 0 Å². The van der Waals surface area contributed by atoms with Crippen LogP contribution in [0.5, 0.6) is 0 Å². The number of aromatic nitrogens is 1. The van der Waals surface area contributed by atoms with Crippen LogP contribution in [0.25, 0.3) is 11.3 Å². The topological polar surface area (TPSA) is 38.1 Å². The third-order valence-electron chi connectivity index (χ3n) is 2.80. The number of anilines is 1. The molecule has 0 aliphatic heterocycles. The van der Waals surface area contributed by atoms with E-state index in [4.69, 9.17) is 4.52 Å². The molecule has 0 spiro atoms. The Hall–Kier alpha value is -0.238. The zero-order chi connectivity index (χ0) is 13.9. The van der Waals surface area contributed by atoms with E-state index in [2.05, 4.69) is 53.4 Å². The van der Waals surface area contributed by atoms with Crippen molar-refractivity contribution < 1.29 is 35.6 Å². The van der Waals surface area contributed by atoms with Gasteiger partial charge in [0.15, 0.2) is 0 Å². The van der Waals surface area contributed by atoms with Gasteiger partial charge in [0.05, 0.1) is 0 Å². The minimum Gasteiger partial charge on any atom is -0.464 e. The van der Waals surface area contributed by atoms with Gasteiger partial charge in [-0.05, 0) is 24.0 Å². The van der Waals surface area contributed by atoms with Crippen molar-refractivity contribution in [2.24, 2.45) is 5.41 Å². The van der Waals surface area contributed by atoms with E-state index < -0.39 is 0 Å². The van der Waals surface area contributed by atoms with Crippen molar-refractivity contribution >= 4 is 21.6 Å². The van der Waals surface area contributed by atoms with Crippen molar-refractivity contribution in [3.8, 4) is 11.3 Å². The van der Waals surface area contributed by atoms with Crippen molar-refractivity contribution in [1.82, 2.24) is 5.16 Å². The Morgan fingerprint density at radius 2 is 1.86 bits per heavy atom. The first-order chi connectivity index (χ1) is 8.96. The van der Waals surface area contributed by atoms with Gasteiger partial charge in [0.2, 0.25) is 0 Å². The molecule has 2 rings (SSSR count). The van der Waals surface area contributed by atoms with E-state index in [1.165, 1.54) is 0 Å². The Balaban J connectivity index is 0.00000200. The molecule has 0 atom stereocenters.